The minimum atomic E-state index is 0.444. The minimum absolute atomic E-state index is 0.444. The summed E-state index contributed by atoms with van der Waals surface area (Å²) in [5, 5.41) is 0. The third-order valence-corrected chi connectivity index (χ3v) is 5.51. The molecule has 0 radical (unpaired) electrons. The van der Waals surface area contributed by atoms with Gasteiger partial charge in [0.2, 0.25) is 0 Å². The number of rotatable bonds is 6. The first kappa shape index (κ1) is 19.6. The molecule has 1 atom stereocenters. The van der Waals surface area contributed by atoms with E-state index in [2.05, 4.69) is 92.4 Å². The molecule has 25 heavy (non-hydrogen) atoms. The molecule has 2 nitrogen and oxygen atoms in total. The van der Waals surface area contributed by atoms with Crippen molar-refractivity contribution in [3.05, 3.63) is 61.7 Å². The molecule has 1 heterocycles. The molecule has 0 amide bonds. The van der Waals surface area contributed by atoms with Crippen LogP contribution in [0.5, 0.6) is 0 Å². The van der Waals surface area contributed by atoms with Crippen molar-refractivity contribution in [3.63, 3.8) is 0 Å². The Morgan fingerprint density at radius 1 is 1.00 bits per heavy atom. The van der Waals surface area contributed by atoms with E-state index in [1.165, 1.54) is 40.6 Å². The van der Waals surface area contributed by atoms with Crippen LogP contribution in [0.1, 0.15) is 26.7 Å². The average molecular weight is 355 g/mol. The van der Waals surface area contributed by atoms with Crippen molar-refractivity contribution >= 4 is 23.1 Å². The van der Waals surface area contributed by atoms with E-state index >= 15 is 0 Å². The lowest BCUT2D eigenvalue weighted by atomic mass is 10.1. The van der Waals surface area contributed by atoms with Crippen molar-refractivity contribution in [2.24, 2.45) is 0 Å². The molecule has 2 aromatic carbocycles. The first-order valence-corrected chi connectivity index (χ1v) is 9.86. The van der Waals surface area contributed by atoms with Gasteiger partial charge in [-0.25, -0.2) is 0 Å². The van der Waals surface area contributed by atoms with Gasteiger partial charge in [0.1, 0.15) is 0 Å². The molecule has 0 aromatic heterocycles. The van der Waals surface area contributed by atoms with Gasteiger partial charge in [0.25, 0.3) is 0 Å². The highest BCUT2D eigenvalue weighted by Gasteiger charge is 2.26. The number of nitrogens with zero attached hydrogens (tertiary/aromatic N) is 2. The molecule has 0 saturated heterocycles. The van der Waals surface area contributed by atoms with E-state index < -0.39 is 0 Å². The summed E-state index contributed by atoms with van der Waals surface area (Å²) < 4.78 is 0. The normalized spacial score (nSPS) is 13.5. The van der Waals surface area contributed by atoms with Crippen LogP contribution in [-0.4, -0.2) is 31.1 Å². The minimum Gasteiger partial charge on any atom is -0.335 e. The summed E-state index contributed by atoms with van der Waals surface area (Å²) in [6, 6.07) is 18.0. The molecule has 1 aliphatic heterocycles. The summed E-state index contributed by atoms with van der Waals surface area (Å²) in [5.74, 6) is 0. The van der Waals surface area contributed by atoms with Crippen molar-refractivity contribution in [2.45, 2.75) is 42.5 Å². The topological polar surface area (TPSA) is 6.48 Å². The van der Waals surface area contributed by atoms with Crippen LogP contribution < -0.4 is 4.90 Å². The van der Waals surface area contributed by atoms with Crippen molar-refractivity contribution in [1.82, 2.24) is 4.90 Å². The highest BCUT2D eigenvalue weighted by molar-refractivity contribution is 7.99. The van der Waals surface area contributed by atoms with E-state index in [1.807, 2.05) is 11.8 Å². The molecule has 1 aliphatic rings. The lowest BCUT2D eigenvalue weighted by molar-refractivity contribution is 0.310. The van der Waals surface area contributed by atoms with E-state index in [9.17, 15) is 0 Å². The first-order valence-electron chi connectivity index (χ1n) is 9.04. The Balaban J connectivity index is 0.00000109. The summed E-state index contributed by atoms with van der Waals surface area (Å²) in [6.07, 6.45) is 2.52. The average Bonchev–Trinajstić information content (AvgIpc) is 2.65. The second kappa shape index (κ2) is 9.69. The Labute approximate surface area is 157 Å². The third kappa shape index (κ3) is 4.68. The number of benzene rings is 2. The molecule has 0 N–H and O–H groups in total. The maximum atomic E-state index is 3.00. The summed E-state index contributed by atoms with van der Waals surface area (Å²) in [4.78, 5) is 7.69. The Morgan fingerprint density at radius 3 is 2.04 bits per heavy atom. The summed E-state index contributed by atoms with van der Waals surface area (Å²) in [7, 11) is 2.24. The zero-order chi connectivity index (χ0) is 18.2. The second-order valence-electron chi connectivity index (χ2n) is 6.37. The molecule has 0 saturated carbocycles. The standard InChI is InChI=1S/C20H26N2S.C2H4/c1-4-5-14-21(3)15-16(2)22-17-10-6-8-12-19(17)23-20-13-9-7-11-18(20)22;1-2/h6-13,16H,4-5,14-15H2,1-3H3;1-2H2. The Kier molecular flexibility index (Phi) is 7.60. The monoisotopic (exact) mass is 354 g/mol. The Morgan fingerprint density at radius 2 is 1.52 bits per heavy atom. The zero-order valence-corrected chi connectivity index (χ0v) is 16.6. The SMILES string of the molecule is C=C.CCCCN(C)CC(C)N1c2ccccc2Sc2ccccc21. The van der Waals surface area contributed by atoms with Gasteiger partial charge in [-0.05, 0) is 51.2 Å². The van der Waals surface area contributed by atoms with E-state index in [0.717, 1.165) is 6.54 Å². The van der Waals surface area contributed by atoms with Crippen molar-refractivity contribution in [1.29, 1.82) is 0 Å². The Hall–Kier alpha value is -1.71. The van der Waals surface area contributed by atoms with Gasteiger partial charge in [-0.15, -0.1) is 13.2 Å². The van der Waals surface area contributed by atoms with Gasteiger partial charge in [-0.1, -0.05) is 49.4 Å². The molecule has 2 aromatic rings. The third-order valence-electron chi connectivity index (χ3n) is 4.38. The van der Waals surface area contributed by atoms with Crippen LogP contribution in [0.3, 0.4) is 0 Å². The number of hydrogen-bond donors (Lipinski definition) is 0. The van der Waals surface area contributed by atoms with E-state index in [-0.39, 0.29) is 0 Å². The molecule has 134 valence electrons. The quantitative estimate of drug-likeness (QED) is 0.569. The summed E-state index contributed by atoms with van der Waals surface area (Å²) in [6.45, 7) is 12.8. The largest absolute Gasteiger partial charge is 0.335 e. The first-order chi connectivity index (χ1) is 12.2. The molecule has 3 rings (SSSR count). The smallest absolute Gasteiger partial charge is 0.0555 e. The van der Waals surface area contributed by atoms with Crippen LogP contribution >= 0.6 is 11.8 Å². The van der Waals surface area contributed by atoms with Crippen LogP contribution in [0.4, 0.5) is 11.4 Å². The van der Waals surface area contributed by atoms with Crippen LogP contribution in [0.2, 0.25) is 0 Å². The summed E-state index contributed by atoms with van der Waals surface area (Å²) >= 11 is 1.88. The number of likely N-dealkylation sites (N-methyl/N-ethyl adjacent to an activating group) is 1. The van der Waals surface area contributed by atoms with Crippen molar-refractivity contribution in [2.75, 3.05) is 25.0 Å². The van der Waals surface area contributed by atoms with Crippen LogP contribution in [-0.2, 0) is 0 Å². The van der Waals surface area contributed by atoms with Gasteiger partial charge < -0.3 is 9.80 Å². The second-order valence-corrected chi connectivity index (χ2v) is 7.46. The van der Waals surface area contributed by atoms with Gasteiger partial charge in [-0.3, -0.25) is 0 Å². The molecule has 0 spiro atoms. The van der Waals surface area contributed by atoms with Crippen LogP contribution in [0.15, 0.2) is 71.5 Å². The van der Waals surface area contributed by atoms with Gasteiger partial charge in [0.05, 0.1) is 11.4 Å². The predicted molar refractivity (Wildman–Crippen MR) is 112 cm³/mol. The lowest BCUT2D eigenvalue weighted by Gasteiger charge is -2.38. The Bertz CT molecular complexity index is 625. The van der Waals surface area contributed by atoms with Crippen molar-refractivity contribution < 1.29 is 0 Å². The summed E-state index contributed by atoms with van der Waals surface area (Å²) in [5.41, 5.74) is 2.68. The number of anilines is 2. The molecule has 0 bridgehead atoms. The molecular weight excluding hydrogens is 324 g/mol. The molecule has 1 unspecified atom stereocenters. The van der Waals surface area contributed by atoms with E-state index in [4.69, 9.17) is 0 Å². The highest BCUT2D eigenvalue weighted by Crippen LogP contribution is 2.48. The van der Waals surface area contributed by atoms with Gasteiger partial charge in [0.15, 0.2) is 0 Å². The van der Waals surface area contributed by atoms with Gasteiger partial charge in [0, 0.05) is 22.4 Å². The molecular formula is C22H30N2S. The number of unbranched alkanes of at least 4 members (excludes halogenated alkanes) is 1. The number of fused-ring (bicyclic) bond motifs is 2. The molecule has 3 heteroatoms. The maximum Gasteiger partial charge on any atom is 0.0555 e. The van der Waals surface area contributed by atoms with Crippen LogP contribution in [0.25, 0.3) is 0 Å². The predicted octanol–water partition coefficient (Wildman–Crippen LogP) is 6.21. The molecule has 0 aliphatic carbocycles. The fourth-order valence-electron chi connectivity index (χ4n) is 3.26. The number of hydrogen-bond acceptors (Lipinski definition) is 3. The fourth-order valence-corrected chi connectivity index (χ4v) is 4.33. The molecule has 0 fully saturated rings. The fraction of sp³-hybridized carbons (Fsp3) is 0.364. The number of para-hydroxylation sites is 2. The maximum absolute atomic E-state index is 3.00. The van der Waals surface area contributed by atoms with E-state index in [1.54, 1.807) is 0 Å². The van der Waals surface area contributed by atoms with Gasteiger partial charge in [-0.2, -0.15) is 0 Å². The highest BCUT2D eigenvalue weighted by atomic mass is 32.2. The van der Waals surface area contributed by atoms with E-state index in [0.29, 0.717) is 6.04 Å². The lowest BCUT2D eigenvalue weighted by Crippen LogP contribution is -2.39. The van der Waals surface area contributed by atoms with Crippen LogP contribution in [0, 0.1) is 0 Å². The van der Waals surface area contributed by atoms with Gasteiger partial charge >= 0.3 is 0 Å². The van der Waals surface area contributed by atoms with Crippen molar-refractivity contribution in [3.8, 4) is 0 Å². The zero-order valence-electron chi connectivity index (χ0n) is 15.7.